The summed E-state index contributed by atoms with van der Waals surface area (Å²) < 4.78 is 31.7. The predicted molar refractivity (Wildman–Crippen MR) is 111 cm³/mol. The average molecular weight is 434 g/mol. The van der Waals surface area contributed by atoms with Crippen LogP contribution in [0, 0.1) is 12.3 Å². The molecule has 4 rings (SSSR count). The van der Waals surface area contributed by atoms with Gasteiger partial charge in [0.2, 0.25) is 5.91 Å². The van der Waals surface area contributed by atoms with Crippen LogP contribution < -0.4 is 4.90 Å². The second kappa shape index (κ2) is 9.09. The number of rotatable bonds is 3. The van der Waals surface area contributed by atoms with Crippen LogP contribution in [-0.2, 0) is 16.1 Å². The minimum Gasteiger partial charge on any atom is -0.475 e. The number of piperidine rings is 1. The van der Waals surface area contributed by atoms with Gasteiger partial charge in [-0.2, -0.15) is 13.2 Å². The van der Waals surface area contributed by atoms with E-state index in [1.165, 1.54) is 11.1 Å². The second-order valence-corrected chi connectivity index (χ2v) is 8.08. The Morgan fingerprint density at radius 3 is 2.19 bits per heavy atom. The zero-order chi connectivity index (χ0) is 22.6. The summed E-state index contributed by atoms with van der Waals surface area (Å²) in [4.78, 5) is 26.1. The fourth-order valence-electron chi connectivity index (χ4n) is 4.03. The molecule has 31 heavy (non-hydrogen) atoms. The number of carboxylic acid groups (broad SMARTS) is 1. The first kappa shape index (κ1) is 22.8. The fourth-order valence-corrected chi connectivity index (χ4v) is 4.03. The van der Waals surface area contributed by atoms with Gasteiger partial charge in [0.1, 0.15) is 0 Å². The van der Waals surface area contributed by atoms with Crippen LogP contribution in [-0.4, -0.2) is 47.7 Å². The summed E-state index contributed by atoms with van der Waals surface area (Å²) in [5.74, 6) is -2.43. The van der Waals surface area contributed by atoms with E-state index in [1.807, 2.05) is 35.2 Å². The van der Waals surface area contributed by atoms with Gasteiger partial charge in [-0.3, -0.25) is 9.69 Å². The van der Waals surface area contributed by atoms with Gasteiger partial charge in [-0.25, -0.2) is 4.79 Å². The summed E-state index contributed by atoms with van der Waals surface area (Å²) in [6.07, 6.45) is -3.11. The summed E-state index contributed by atoms with van der Waals surface area (Å²) in [6, 6.07) is 18.8. The van der Waals surface area contributed by atoms with Crippen LogP contribution in [0.15, 0.2) is 54.6 Å². The van der Waals surface area contributed by atoms with Crippen molar-refractivity contribution < 1.29 is 27.9 Å². The van der Waals surface area contributed by atoms with E-state index in [2.05, 4.69) is 36.1 Å². The zero-order valence-corrected chi connectivity index (χ0v) is 17.2. The summed E-state index contributed by atoms with van der Waals surface area (Å²) >= 11 is 0. The molecule has 2 heterocycles. The smallest absolute Gasteiger partial charge is 0.475 e. The Morgan fingerprint density at radius 2 is 1.68 bits per heavy atom. The van der Waals surface area contributed by atoms with Gasteiger partial charge in [0.05, 0.1) is 5.41 Å². The number of para-hydroxylation sites is 1. The molecular formula is C23H25F3N2O3. The minimum absolute atomic E-state index is 0.0983. The number of nitrogens with zero attached hydrogens (tertiary/aromatic N) is 2. The number of carbonyl (C=O) groups excluding carboxylic acids is 1. The van der Waals surface area contributed by atoms with E-state index < -0.39 is 12.1 Å². The Morgan fingerprint density at radius 1 is 1.06 bits per heavy atom. The standard InChI is InChI=1S/C21H24N2O.C2HF3O2/c1-17-6-5-7-18(14-17)15-22-12-10-21(11-13-22)16-23(20(21)24)19-8-3-2-4-9-19;3-2(4,5)1(6)7/h2-9,14H,10-13,15-16H2,1H3;(H,6,7). The first-order valence-electron chi connectivity index (χ1n) is 10.1. The molecule has 1 amide bonds. The van der Waals surface area contributed by atoms with E-state index in [0.29, 0.717) is 5.91 Å². The molecule has 1 N–H and O–H groups in total. The first-order valence-corrected chi connectivity index (χ1v) is 10.1. The topological polar surface area (TPSA) is 60.9 Å². The Labute approximate surface area is 179 Å². The van der Waals surface area contributed by atoms with Crippen LogP contribution in [0.5, 0.6) is 0 Å². The number of hydrogen-bond acceptors (Lipinski definition) is 3. The molecule has 0 atom stereocenters. The van der Waals surface area contributed by atoms with Crippen molar-refractivity contribution in [2.45, 2.75) is 32.5 Å². The van der Waals surface area contributed by atoms with Crippen molar-refractivity contribution in [3.05, 3.63) is 65.7 Å². The third-order valence-electron chi connectivity index (χ3n) is 5.77. The van der Waals surface area contributed by atoms with Gasteiger partial charge in [-0.15, -0.1) is 0 Å². The van der Waals surface area contributed by atoms with Crippen LogP contribution in [0.3, 0.4) is 0 Å². The average Bonchev–Trinajstić information content (AvgIpc) is 2.73. The quantitative estimate of drug-likeness (QED) is 0.734. The predicted octanol–water partition coefficient (Wildman–Crippen LogP) is 4.26. The summed E-state index contributed by atoms with van der Waals surface area (Å²) in [7, 11) is 0. The van der Waals surface area contributed by atoms with Gasteiger partial charge in [0, 0.05) is 18.8 Å². The highest BCUT2D eigenvalue weighted by Crippen LogP contribution is 2.44. The molecule has 2 fully saturated rings. The lowest BCUT2D eigenvalue weighted by molar-refractivity contribution is -0.192. The van der Waals surface area contributed by atoms with E-state index in [9.17, 15) is 18.0 Å². The SMILES string of the molecule is Cc1cccc(CN2CCC3(CC2)CN(c2ccccc2)C3=O)c1.O=C(O)C(F)(F)F. The van der Waals surface area contributed by atoms with Crippen molar-refractivity contribution >= 4 is 17.6 Å². The van der Waals surface area contributed by atoms with Crippen LogP contribution in [0.1, 0.15) is 24.0 Å². The van der Waals surface area contributed by atoms with E-state index in [1.54, 1.807) is 0 Å². The minimum atomic E-state index is -5.08. The number of aryl methyl sites for hydroxylation is 1. The van der Waals surface area contributed by atoms with Crippen molar-refractivity contribution in [1.82, 2.24) is 4.90 Å². The lowest BCUT2D eigenvalue weighted by Crippen LogP contribution is -2.64. The van der Waals surface area contributed by atoms with E-state index in [4.69, 9.17) is 9.90 Å². The first-order chi connectivity index (χ1) is 14.6. The molecule has 0 unspecified atom stereocenters. The molecule has 0 bridgehead atoms. The van der Waals surface area contributed by atoms with Gasteiger partial charge < -0.3 is 10.0 Å². The molecule has 2 aromatic rings. The molecule has 2 aliphatic heterocycles. The molecule has 0 radical (unpaired) electrons. The van der Waals surface area contributed by atoms with Gasteiger partial charge in [-0.05, 0) is 50.6 Å². The Balaban J connectivity index is 0.000000339. The van der Waals surface area contributed by atoms with E-state index in [-0.39, 0.29) is 5.41 Å². The fraction of sp³-hybridized carbons (Fsp3) is 0.391. The van der Waals surface area contributed by atoms with Crippen LogP contribution in [0.4, 0.5) is 18.9 Å². The molecular weight excluding hydrogens is 409 g/mol. The molecule has 5 nitrogen and oxygen atoms in total. The summed E-state index contributed by atoms with van der Waals surface area (Å²) in [5.41, 5.74) is 3.62. The number of carboxylic acids is 1. The number of amides is 1. The van der Waals surface area contributed by atoms with E-state index in [0.717, 1.165) is 44.7 Å². The largest absolute Gasteiger partial charge is 0.490 e. The molecule has 2 saturated heterocycles. The maximum absolute atomic E-state index is 12.8. The van der Waals surface area contributed by atoms with Gasteiger partial charge in [0.15, 0.2) is 0 Å². The Hall–Kier alpha value is -2.87. The van der Waals surface area contributed by atoms with Crippen molar-refractivity contribution in [3.8, 4) is 0 Å². The molecule has 2 aromatic carbocycles. The monoisotopic (exact) mass is 434 g/mol. The number of aliphatic carboxylic acids is 1. The summed E-state index contributed by atoms with van der Waals surface area (Å²) in [5, 5.41) is 7.12. The maximum atomic E-state index is 12.8. The van der Waals surface area contributed by atoms with Crippen LogP contribution >= 0.6 is 0 Å². The number of alkyl halides is 3. The normalized spacial score (nSPS) is 18.2. The number of hydrogen-bond donors (Lipinski definition) is 1. The molecule has 0 saturated carbocycles. The van der Waals surface area contributed by atoms with Crippen molar-refractivity contribution in [2.24, 2.45) is 5.41 Å². The van der Waals surface area contributed by atoms with E-state index >= 15 is 0 Å². The van der Waals surface area contributed by atoms with Crippen molar-refractivity contribution in [3.63, 3.8) is 0 Å². The van der Waals surface area contributed by atoms with Crippen molar-refractivity contribution in [1.29, 1.82) is 0 Å². The third kappa shape index (κ3) is 5.44. The second-order valence-electron chi connectivity index (χ2n) is 8.08. The number of halogens is 3. The van der Waals surface area contributed by atoms with Crippen LogP contribution in [0.2, 0.25) is 0 Å². The lowest BCUT2D eigenvalue weighted by atomic mass is 9.70. The lowest BCUT2D eigenvalue weighted by Gasteiger charge is -2.52. The molecule has 0 aromatic heterocycles. The Bertz CT molecular complexity index is 923. The highest BCUT2D eigenvalue weighted by molar-refractivity contribution is 6.04. The van der Waals surface area contributed by atoms with Gasteiger partial charge >= 0.3 is 12.1 Å². The van der Waals surface area contributed by atoms with Gasteiger partial charge in [0.25, 0.3) is 0 Å². The van der Waals surface area contributed by atoms with Crippen LogP contribution in [0.25, 0.3) is 0 Å². The molecule has 1 spiro atoms. The number of anilines is 1. The highest BCUT2D eigenvalue weighted by atomic mass is 19.4. The molecule has 166 valence electrons. The highest BCUT2D eigenvalue weighted by Gasteiger charge is 2.53. The number of benzene rings is 2. The number of likely N-dealkylation sites (tertiary alicyclic amines) is 1. The molecule has 2 aliphatic rings. The number of β-lactam (4-membered cyclic amide) rings is 1. The molecule has 8 heteroatoms. The molecule has 0 aliphatic carbocycles. The maximum Gasteiger partial charge on any atom is 0.490 e. The van der Waals surface area contributed by atoms with Gasteiger partial charge in [-0.1, -0.05) is 48.0 Å². The zero-order valence-electron chi connectivity index (χ0n) is 17.2. The Kier molecular flexibility index (Phi) is 6.69. The number of carbonyl (C=O) groups is 2. The van der Waals surface area contributed by atoms with Crippen molar-refractivity contribution in [2.75, 3.05) is 24.5 Å². The summed E-state index contributed by atoms with van der Waals surface area (Å²) in [6.45, 7) is 6.05. The third-order valence-corrected chi connectivity index (χ3v) is 5.77.